The summed E-state index contributed by atoms with van der Waals surface area (Å²) in [5.74, 6) is -2.17. The number of hydrogen-bond donors (Lipinski definition) is 1. The highest BCUT2D eigenvalue weighted by Gasteiger charge is 2.40. The van der Waals surface area contributed by atoms with Crippen LogP contribution in [0.2, 0.25) is 0 Å². The van der Waals surface area contributed by atoms with E-state index in [1.807, 2.05) is 6.92 Å². The van der Waals surface area contributed by atoms with E-state index in [0.717, 1.165) is 50.3 Å². The molecule has 0 bridgehead atoms. The van der Waals surface area contributed by atoms with E-state index < -0.39 is 51.5 Å². The largest absolute Gasteiger partial charge is 0.487 e. The number of carbonyl (C=O) groups excluding carboxylic acids is 1. The van der Waals surface area contributed by atoms with Gasteiger partial charge >= 0.3 is 12.1 Å². The molecule has 6 nitrogen and oxygen atoms in total. The Morgan fingerprint density at radius 3 is 2.37 bits per heavy atom. The van der Waals surface area contributed by atoms with E-state index in [-0.39, 0.29) is 11.5 Å². The Kier molecular flexibility index (Phi) is 7.79. The molecule has 1 aromatic rings. The second-order valence-electron chi connectivity index (χ2n) is 7.73. The standard InChI is InChI=1S/C20H27F3O6S/c1-3-19(2,15-7-5-4-6-8-15)29-17-13-14(9-10-16(17)20(21,22)23)18(24)28-11-12-30(25,26)27/h9-10,13,15H,3-8,11-12H2,1-2H3,(H,25,26,27). The minimum Gasteiger partial charge on any atom is -0.487 e. The smallest absolute Gasteiger partial charge is 0.419 e. The lowest BCUT2D eigenvalue weighted by atomic mass is 9.76. The second-order valence-corrected chi connectivity index (χ2v) is 9.31. The quantitative estimate of drug-likeness (QED) is 0.447. The number of benzene rings is 1. The van der Waals surface area contributed by atoms with Crippen molar-refractivity contribution in [3.05, 3.63) is 29.3 Å². The van der Waals surface area contributed by atoms with Gasteiger partial charge in [0.2, 0.25) is 0 Å². The van der Waals surface area contributed by atoms with Crippen LogP contribution in [-0.4, -0.2) is 36.9 Å². The van der Waals surface area contributed by atoms with E-state index in [4.69, 9.17) is 14.0 Å². The van der Waals surface area contributed by atoms with Crippen molar-refractivity contribution in [1.82, 2.24) is 0 Å². The molecule has 0 saturated heterocycles. The average molecular weight is 452 g/mol. The molecule has 1 aliphatic rings. The van der Waals surface area contributed by atoms with Gasteiger partial charge in [-0.3, -0.25) is 4.55 Å². The molecule has 1 N–H and O–H groups in total. The van der Waals surface area contributed by atoms with Crippen LogP contribution in [0.1, 0.15) is 68.3 Å². The first-order valence-corrected chi connectivity index (χ1v) is 11.5. The molecule has 1 saturated carbocycles. The summed E-state index contributed by atoms with van der Waals surface area (Å²) in [6.07, 6.45) is 0.634. The SMILES string of the molecule is CCC(C)(Oc1cc(C(=O)OCCS(=O)(=O)O)ccc1C(F)(F)F)C1CCCCC1. The summed E-state index contributed by atoms with van der Waals surface area (Å²) in [7, 11) is -4.33. The lowest BCUT2D eigenvalue weighted by molar-refractivity contribution is -0.140. The number of hydrogen-bond acceptors (Lipinski definition) is 5. The number of carbonyl (C=O) groups is 1. The van der Waals surface area contributed by atoms with Gasteiger partial charge in [-0.1, -0.05) is 26.2 Å². The van der Waals surface area contributed by atoms with E-state index in [0.29, 0.717) is 6.42 Å². The van der Waals surface area contributed by atoms with Gasteiger partial charge in [0.1, 0.15) is 23.7 Å². The summed E-state index contributed by atoms with van der Waals surface area (Å²) in [5, 5.41) is 0. The van der Waals surface area contributed by atoms with Crippen LogP contribution >= 0.6 is 0 Å². The molecule has 1 aromatic carbocycles. The fraction of sp³-hybridized carbons (Fsp3) is 0.650. The summed E-state index contributed by atoms with van der Waals surface area (Å²) >= 11 is 0. The summed E-state index contributed by atoms with van der Waals surface area (Å²) in [6, 6.07) is 2.69. The second kappa shape index (κ2) is 9.55. The van der Waals surface area contributed by atoms with E-state index in [2.05, 4.69) is 0 Å². The van der Waals surface area contributed by atoms with Crippen molar-refractivity contribution in [3.8, 4) is 5.75 Å². The molecule has 170 valence electrons. The molecule has 0 amide bonds. The minimum absolute atomic E-state index is 0.0997. The molecule has 30 heavy (non-hydrogen) atoms. The lowest BCUT2D eigenvalue weighted by Gasteiger charge is -2.40. The van der Waals surface area contributed by atoms with Gasteiger partial charge in [0.25, 0.3) is 10.1 Å². The molecule has 1 unspecified atom stereocenters. The van der Waals surface area contributed by atoms with E-state index in [1.54, 1.807) is 6.92 Å². The molecule has 1 aliphatic carbocycles. The van der Waals surface area contributed by atoms with Gasteiger partial charge in [0.05, 0.1) is 11.1 Å². The van der Waals surface area contributed by atoms with Crippen LogP contribution in [0, 0.1) is 5.92 Å². The number of alkyl halides is 3. The summed E-state index contributed by atoms with van der Waals surface area (Å²) < 4.78 is 81.4. The van der Waals surface area contributed by atoms with Gasteiger partial charge in [0, 0.05) is 0 Å². The lowest BCUT2D eigenvalue weighted by Crippen LogP contribution is -2.41. The Balaban J connectivity index is 2.30. The predicted octanol–water partition coefficient (Wildman–Crippen LogP) is 4.88. The first-order chi connectivity index (χ1) is 13.9. The summed E-state index contributed by atoms with van der Waals surface area (Å²) in [6.45, 7) is 3.03. The number of esters is 1. The monoisotopic (exact) mass is 452 g/mol. The van der Waals surface area contributed by atoms with Crippen molar-refractivity contribution < 1.29 is 40.4 Å². The molecule has 0 spiro atoms. The molecule has 1 atom stereocenters. The van der Waals surface area contributed by atoms with Crippen molar-refractivity contribution in [1.29, 1.82) is 0 Å². The zero-order valence-corrected chi connectivity index (χ0v) is 17.8. The summed E-state index contributed by atoms with van der Waals surface area (Å²) in [5.41, 5.74) is -2.02. The van der Waals surface area contributed by atoms with Crippen LogP contribution in [-0.2, 0) is 21.0 Å². The van der Waals surface area contributed by atoms with Gasteiger partial charge in [-0.05, 0) is 50.3 Å². The maximum absolute atomic E-state index is 13.5. The molecule has 0 aromatic heterocycles. The molecular formula is C20H27F3O6S. The highest BCUT2D eigenvalue weighted by molar-refractivity contribution is 7.85. The highest BCUT2D eigenvalue weighted by Crippen LogP contribution is 2.42. The Morgan fingerprint density at radius 1 is 1.20 bits per heavy atom. The van der Waals surface area contributed by atoms with E-state index in [1.165, 1.54) is 0 Å². The van der Waals surface area contributed by atoms with Crippen molar-refractivity contribution in [2.75, 3.05) is 12.4 Å². The first-order valence-electron chi connectivity index (χ1n) is 9.88. The number of ether oxygens (including phenoxy) is 2. The molecular weight excluding hydrogens is 425 g/mol. The molecule has 10 heteroatoms. The number of halogens is 3. The third kappa shape index (κ3) is 6.60. The number of rotatable bonds is 8. The van der Waals surface area contributed by atoms with Crippen LogP contribution in [0.3, 0.4) is 0 Å². The Hall–Kier alpha value is -1.81. The van der Waals surface area contributed by atoms with Crippen LogP contribution < -0.4 is 4.74 Å². The molecule has 0 radical (unpaired) electrons. The van der Waals surface area contributed by atoms with Crippen LogP contribution in [0.15, 0.2) is 18.2 Å². The Labute approximate surface area is 174 Å². The van der Waals surface area contributed by atoms with Crippen LogP contribution in [0.5, 0.6) is 5.75 Å². The van der Waals surface area contributed by atoms with Crippen molar-refractivity contribution in [2.24, 2.45) is 5.92 Å². The van der Waals surface area contributed by atoms with Gasteiger partial charge < -0.3 is 9.47 Å². The summed E-state index contributed by atoms with van der Waals surface area (Å²) in [4.78, 5) is 12.1. The third-order valence-corrected chi connectivity index (χ3v) is 6.29. The van der Waals surface area contributed by atoms with Gasteiger partial charge in [-0.25, -0.2) is 4.79 Å². The minimum atomic E-state index is -4.68. The molecule has 1 fully saturated rings. The fourth-order valence-electron chi connectivity index (χ4n) is 3.70. The van der Waals surface area contributed by atoms with Crippen LogP contribution in [0.25, 0.3) is 0 Å². The fourth-order valence-corrected chi connectivity index (χ4v) is 3.99. The van der Waals surface area contributed by atoms with E-state index >= 15 is 0 Å². The molecule has 0 heterocycles. The van der Waals surface area contributed by atoms with Crippen molar-refractivity contribution >= 4 is 16.1 Å². The highest BCUT2D eigenvalue weighted by atomic mass is 32.2. The molecule has 2 rings (SSSR count). The normalized spacial score (nSPS) is 17.9. The maximum atomic E-state index is 13.5. The Morgan fingerprint density at radius 2 is 1.83 bits per heavy atom. The average Bonchev–Trinajstić information content (AvgIpc) is 2.66. The predicted molar refractivity (Wildman–Crippen MR) is 104 cm³/mol. The zero-order chi connectivity index (χ0) is 22.6. The topological polar surface area (TPSA) is 89.9 Å². The van der Waals surface area contributed by atoms with Crippen LogP contribution in [0.4, 0.5) is 13.2 Å². The Bertz CT molecular complexity index is 847. The molecule has 0 aliphatic heterocycles. The first kappa shape index (κ1) is 24.5. The van der Waals surface area contributed by atoms with Crippen molar-refractivity contribution in [3.63, 3.8) is 0 Å². The van der Waals surface area contributed by atoms with Gasteiger partial charge in [-0.15, -0.1) is 0 Å². The van der Waals surface area contributed by atoms with Crippen molar-refractivity contribution in [2.45, 2.75) is 64.1 Å². The maximum Gasteiger partial charge on any atom is 0.419 e. The van der Waals surface area contributed by atoms with Gasteiger partial charge in [-0.2, -0.15) is 21.6 Å². The zero-order valence-electron chi connectivity index (χ0n) is 17.0. The third-order valence-electron chi connectivity index (χ3n) is 5.61. The van der Waals surface area contributed by atoms with E-state index in [9.17, 15) is 26.4 Å². The van der Waals surface area contributed by atoms with Gasteiger partial charge in [0.15, 0.2) is 0 Å².